The van der Waals surface area contributed by atoms with Gasteiger partial charge < -0.3 is 9.80 Å². The molecule has 0 radical (unpaired) electrons. The minimum atomic E-state index is 0.161. The summed E-state index contributed by atoms with van der Waals surface area (Å²) in [6, 6.07) is 8.17. The van der Waals surface area contributed by atoms with E-state index in [1.165, 1.54) is 5.56 Å². The number of carbonyl (C=O) groups excluding carboxylic acids is 2. The van der Waals surface area contributed by atoms with Crippen LogP contribution in [0.15, 0.2) is 36.4 Å². The Morgan fingerprint density at radius 2 is 1.81 bits per heavy atom. The monoisotopic (exact) mass is 353 g/mol. The highest BCUT2D eigenvalue weighted by molar-refractivity contribution is 5.96. The number of benzene rings is 1. The molecule has 0 saturated carbocycles. The Morgan fingerprint density at radius 1 is 1.00 bits per heavy atom. The molecule has 0 aromatic heterocycles. The molecule has 1 unspecified atom stereocenters. The van der Waals surface area contributed by atoms with Crippen LogP contribution in [0.4, 0.5) is 5.69 Å². The van der Waals surface area contributed by atoms with Crippen molar-refractivity contribution in [3.63, 3.8) is 0 Å². The number of carbonyl (C=O) groups is 2. The zero-order valence-corrected chi connectivity index (χ0v) is 15.3. The number of para-hydroxylation sites is 1. The number of piperazine rings is 1. The van der Waals surface area contributed by atoms with E-state index < -0.39 is 0 Å². The molecule has 1 aliphatic carbocycles. The normalized spacial score (nSPS) is 23.2. The predicted molar refractivity (Wildman–Crippen MR) is 102 cm³/mol. The molecule has 0 spiro atoms. The molecular weight excluding hydrogens is 326 g/mol. The van der Waals surface area contributed by atoms with Crippen molar-refractivity contribution in [2.45, 2.75) is 25.7 Å². The number of nitrogens with zero attached hydrogens (tertiary/aromatic N) is 3. The molecule has 0 bridgehead atoms. The van der Waals surface area contributed by atoms with Crippen LogP contribution in [0.5, 0.6) is 0 Å². The van der Waals surface area contributed by atoms with Crippen molar-refractivity contribution >= 4 is 17.5 Å². The Morgan fingerprint density at radius 3 is 2.58 bits per heavy atom. The molecule has 26 heavy (non-hydrogen) atoms. The average Bonchev–Trinajstić information content (AvgIpc) is 3.13. The number of fused-ring (bicyclic) bond motifs is 1. The van der Waals surface area contributed by atoms with E-state index in [0.717, 1.165) is 64.1 Å². The molecule has 5 nitrogen and oxygen atoms in total. The van der Waals surface area contributed by atoms with Crippen LogP contribution >= 0.6 is 0 Å². The smallest absolute Gasteiger partial charge is 0.241 e. The molecule has 2 amide bonds. The first-order chi connectivity index (χ1) is 12.7. The van der Waals surface area contributed by atoms with Crippen LogP contribution in [0, 0.1) is 5.92 Å². The van der Waals surface area contributed by atoms with Crippen molar-refractivity contribution in [2.75, 3.05) is 44.2 Å². The van der Waals surface area contributed by atoms with Crippen LogP contribution in [-0.2, 0) is 16.0 Å². The van der Waals surface area contributed by atoms with E-state index in [0.29, 0.717) is 12.5 Å². The topological polar surface area (TPSA) is 43.9 Å². The first-order valence-corrected chi connectivity index (χ1v) is 9.77. The third-order valence-electron chi connectivity index (χ3n) is 5.85. The predicted octanol–water partition coefficient (Wildman–Crippen LogP) is 2.08. The number of anilines is 1. The van der Waals surface area contributed by atoms with Crippen LogP contribution in [0.3, 0.4) is 0 Å². The summed E-state index contributed by atoms with van der Waals surface area (Å²) in [7, 11) is 0. The van der Waals surface area contributed by atoms with Gasteiger partial charge in [-0.25, -0.2) is 0 Å². The van der Waals surface area contributed by atoms with E-state index in [-0.39, 0.29) is 11.8 Å². The SMILES string of the molecule is O=C(C1CC=CCC1)N1CCN(CC(=O)N2CCc3ccccc32)CC1. The summed E-state index contributed by atoms with van der Waals surface area (Å²) in [4.78, 5) is 31.5. The van der Waals surface area contributed by atoms with Crippen molar-refractivity contribution in [2.24, 2.45) is 5.92 Å². The fourth-order valence-electron chi connectivity index (χ4n) is 4.28. The lowest BCUT2D eigenvalue weighted by Crippen LogP contribution is -2.52. The summed E-state index contributed by atoms with van der Waals surface area (Å²) in [6.45, 7) is 4.28. The zero-order chi connectivity index (χ0) is 17.9. The second-order valence-corrected chi connectivity index (χ2v) is 7.51. The van der Waals surface area contributed by atoms with Gasteiger partial charge in [-0.15, -0.1) is 0 Å². The molecule has 1 aromatic carbocycles. The lowest BCUT2D eigenvalue weighted by atomic mass is 9.93. The average molecular weight is 353 g/mol. The minimum absolute atomic E-state index is 0.161. The van der Waals surface area contributed by atoms with E-state index in [9.17, 15) is 9.59 Å². The van der Waals surface area contributed by atoms with Gasteiger partial charge in [-0.2, -0.15) is 0 Å². The Kier molecular flexibility index (Phi) is 5.07. The Balaban J connectivity index is 1.28. The Labute approximate surface area is 155 Å². The maximum Gasteiger partial charge on any atom is 0.241 e. The molecule has 138 valence electrons. The second kappa shape index (κ2) is 7.62. The number of allylic oxidation sites excluding steroid dienone is 2. The maximum atomic E-state index is 12.7. The van der Waals surface area contributed by atoms with Crippen molar-refractivity contribution in [1.82, 2.24) is 9.80 Å². The summed E-state index contributed by atoms with van der Waals surface area (Å²) in [6.07, 6.45) is 8.12. The minimum Gasteiger partial charge on any atom is -0.340 e. The fraction of sp³-hybridized carbons (Fsp3) is 0.524. The molecule has 2 aliphatic heterocycles. The number of rotatable bonds is 3. The molecule has 1 aromatic rings. The Bertz CT molecular complexity index is 707. The third-order valence-corrected chi connectivity index (χ3v) is 5.85. The molecule has 2 heterocycles. The van der Waals surface area contributed by atoms with Crippen LogP contribution in [-0.4, -0.2) is 60.9 Å². The zero-order valence-electron chi connectivity index (χ0n) is 15.3. The largest absolute Gasteiger partial charge is 0.340 e. The highest BCUT2D eigenvalue weighted by atomic mass is 16.2. The lowest BCUT2D eigenvalue weighted by Gasteiger charge is -2.37. The van der Waals surface area contributed by atoms with Gasteiger partial charge in [0.25, 0.3) is 0 Å². The van der Waals surface area contributed by atoms with Gasteiger partial charge in [0.05, 0.1) is 6.54 Å². The standard InChI is InChI=1S/C21H27N3O2/c25-20(24-11-10-17-6-4-5-9-19(17)24)16-22-12-14-23(15-13-22)21(26)18-7-2-1-3-8-18/h1-2,4-6,9,18H,3,7-8,10-16H2. The summed E-state index contributed by atoms with van der Waals surface area (Å²) in [5.74, 6) is 0.634. The van der Waals surface area contributed by atoms with E-state index in [1.807, 2.05) is 28.0 Å². The summed E-state index contributed by atoms with van der Waals surface area (Å²) in [5, 5.41) is 0. The molecule has 0 N–H and O–H groups in total. The molecule has 1 atom stereocenters. The second-order valence-electron chi connectivity index (χ2n) is 7.51. The summed E-state index contributed by atoms with van der Waals surface area (Å²) in [5.41, 5.74) is 2.33. The lowest BCUT2D eigenvalue weighted by molar-refractivity contribution is -0.137. The number of hydrogen-bond donors (Lipinski definition) is 0. The van der Waals surface area contributed by atoms with Gasteiger partial charge in [0, 0.05) is 44.3 Å². The molecule has 5 heteroatoms. The highest BCUT2D eigenvalue weighted by Gasteiger charge is 2.30. The fourth-order valence-corrected chi connectivity index (χ4v) is 4.28. The molecule has 1 fully saturated rings. The number of hydrogen-bond acceptors (Lipinski definition) is 3. The maximum absolute atomic E-state index is 12.7. The highest BCUT2D eigenvalue weighted by Crippen LogP contribution is 2.27. The van der Waals surface area contributed by atoms with Gasteiger partial charge in [-0.3, -0.25) is 14.5 Å². The van der Waals surface area contributed by atoms with Crippen molar-refractivity contribution in [1.29, 1.82) is 0 Å². The summed E-state index contributed by atoms with van der Waals surface area (Å²) >= 11 is 0. The van der Waals surface area contributed by atoms with Crippen LogP contribution in [0.25, 0.3) is 0 Å². The van der Waals surface area contributed by atoms with E-state index in [2.05, 4.69) is 23.1 Å². The molecule has 3 aliphatic rings. The third kappa shape index (κ3) is 3.54. The van der Waals surface area contributed by atoms with Crippen LogP contribution in [0.2, 0.25) is 0 Å². The van der Waals surface area contributed by atoms with Crippen molar-refractivity contribution < 1.29 is 9.59 Å². The molecule has 4 rings (SSSR count). The van der Waals surface area contributed by atoms with Gasteiger partial charge in [0.1, 0.15) is 0 Å². The first-order valence-electron chi connectivity index (χ1n) is 9.77. The molecular formula is C21H27N3O2. The molecule has 1 saturated heterocycles. The van der Waals surface area contributed by atoms with Crippen LogP contribution in [0.1, 0.15) is 24.8 Å². The van der Waals surface area contributed by atoms with Gasteiger partial charge in [0.15, 0.2) is 0 Å². The number of amides is 2. The first kappa shape index (κ1) is 17.3. The van der Waals surface area contributed by atoms with E-state index in [1.54, 1.807) is 0 Å². The van der Waals surface area contributed by atoms with Gasteiger partial charge in [-0.05, 0) is 37.3 Å². The Hall–Kier alpha value is -2.14. The quantitative estimate of drug-likeness (QED) is 0.782. The summed E-state index contributed by atoms with van der Waals surface area (Å²) < 4.78 is 0. The van der Waals surface area contributed by atoms with E-state index in [4.69, 9.17) is 0 Å². The van der Waals surface area contributed by atoms with Crippen LogP contribution < -0.4 is 4.90 Å². The van der Waals surface area contributed by atoms with Gasteiger partial charge in [0.2, 0.25) is 11.8 Å². The van der Waals surface area contributed by atoms with Gasteiger partial charge in [-0.1, -0.05) is 30.4 Å². The van der Waals surface area contributed by atoms with Crippen molar-refractivity contribution in [3.05, 3.63) is 42.0 Å². The van der Waals surface area contributed by atoms with Gasteiger partial charge >= 0.3 is 0 Å². The van der Waals surface area contributed by atoms with E-state index >= 15 is 0 Å². The van der Waals surface area contributed by atoms with Crippen molar-refractivity contribution in [3.8, 4) is 0 Å².